The molecule has 0 radical (unpaired) electrons. The van der Waals surface area contributed by atoms with Crippen molar-refractivity contribution in [3.63, 3.8) is 0 Å². The molecule has 0 saturated carbocycles. The largest absolute Gasteiger partial charge is 0.480 e. The van der Waals surface area contributed by atoms with E-state index in [0.717, 1.165) is 0 Å². The van der Waals surface area contributed by atoms with Crippen LogP contribution >= 0.6 is 0 Å². The van der Waals surface area contributed by atoms with Gasteiger partial charge in [-0.2, -0.15) is 0 Å². The summed E-state index contributed by atoms with van der Waals surface area (Å²) in [6, 6.07) is -2.14. The molecule has 1 unspecified atom stereocenters. The van der Waals surface area contributed by atoms with Crippen LogP contribution < -0.4 is 10.6 Å². The highest BCUT2D eigenvalue weighted by molar-refractivity contribution is 5.82. The van der Waals surface area contributed by atoms with Gasteiger partial charge in [0.1, 0.15) is 0 Å². The first-order valence-electron chi connectivity index (χ1n) is 5.90. The van der Waals surface area contributed by atoms with E-state index in [1.807, 2.05) is 20.8 Å². The van der Waals surface area contributed by atoms with E-state index in [2.05, 4.69) is 10.6 Å². The van der Waals surface area contributed by atoms with Gasteiger partial charge in [0.05, 0.1) is 19.3 Å². The molecular formula is C11H22N2O5. The number of aliphatic carboxylic acids is 1. The number of rotatable bonds is 8. The Hall–Kier alpha value is -1.34. The minimum Gasteiger partial charge on any atom is -0.480 e. The van der Waals surface area contributed by atoms with Crippen molar-refractivity contribution in [2.45, 2.75) is 32.9 Å². The zero-order valence-electron chi connectivity index (χ0n) is 11.0. The number of ether oxygens (including phenoxy) is 1. The third-order valence-electron chi connectivity index (χ3n) is 2.41. The van der Waals surface area contributed by atoms with Crippen molar-refractivity contribution in [3.8, 4) is 0 Å². The van der Waals surface area contributed by atoms with Crippen molar-refractivity contribution in [3.05, 3.63) is 0 Å². The lowest BCUT2D eigenvalue weighted by molar-refractivity contribution is -0.140. The molecule has 4 N–H and O–H groups in total. The highest BCUT2D eigenvalue weighted by Gasteiger charge is 2.21. The fourth-order valence-corrected chi connectivity index (χ4v) is 1.20. The van der Waals surface area contributed by atoms with Gasteiger partial charge in [-0.15, -0.1) is 0 Å². The minimum atomic E-state index is -1.30. The zero-order valence-corrected chi connectivity index (χ0v) is 11.0. The first-order valence-corrected chi connectivity index (χ1v) is 5.90. The summed E-state index contributed by atoms with van der Waals surface area (Å²) in [4.78, 5) is 22.2. The zero-order chi connectivity index (χ0) is 14.1. The number of carbonyl (C=O) groups is 2. The summed E-state index contributed by atoms with van der Waals surface area (Å²) in [6.45, 7) is 5.94. The Labute approximate surface area is 107 Å². The topological polar surface area (TPSA) is 108 Å². The van der Waals surface area contributed by atoms with Gasteiger partial charge in [0, 0.05) is 6.61 Å². The van der Waals surface area contributed by atoms with Crippen LogP contribution in [0, 0.1) is 5.92 Å². The predicted molar refractivity (Wildman–Crippen MR) is 65.3 cm³/mol. The third-order valence-corrected chi connectivity index (χ3v) is 2.41. The van der Waals surface area contributed by atoms with Gasteiger partial charge in [-0.05, 0) is 12.8 Å². The molecule has 0 rings (SSSR count). The van der Waals surface area contributed by atoms with Crippen LogP contribution in [0.1, 0.15) is 20.8 Å². The van der Waals surface area contributed by atoms with E-state index in [4.69, 9.17) is 14.9 Å². The normalized spacial score (nSPS) is 14.1. The van der Waals surface area contributed by atoms with Crippen LogP contribution in [-0.4, -0.2) is 54.1 Å². The number of nitrogens with one attached hydrogen (secondary N) is 2. The molecule has 2 amide bonds. The van der Waals surface area contributed by atoms with Crippen LogP contribution in [0.4, 0.5) is 4.79 Å². The first kappa shape index (κ1) is 16.7. The van der Waals surface area contributed by atoms with Crippen molar-refractivity contribution >= 4 is 12.0 Å². The van der Waals surface area contributed by atoms with Crippen LogP contribution in [0.2, 0.25) is 0 Å². The predicted octanol–water partition coefficient (Wildman–Crippen LogP) is -0.208. The average Bonchev–Trinajstić information content (AvgIpc) is 2.30. The Morgan fingerprint density at radius 3 is 2.28 bits per heavy atom. The van der Waals surface area contributed by atoms with Crippen molar-refractivity contribution < 1.29 is 24.5 Å². The van der Waals surface area contributed by atoms with E-state index < -0.39 is 24.6 Å². The molecule has 0 fully saturated rings. The fourth-order valence-electron chi connectivity index (χ4n) is 1.20. The molecule has 0 aromatic heterocycles. The highest BCUT2D eigenvalue weighted by Crippen LogP contribution is 2.02. The van der Waals surface area contributed by atoms with E-state index in [9.17, 15) is 9.59 Å². The van der Waals surface area contributed by atoms with E-state index in [1.54, 1.807) is 0 Å². The number of amides is 2. The molecule has 0 heterocycles. The molecule has 0 aliphatic carbocycles. The lowest BCUT2D eigenvalue weighted by atomic mass is 10.1. The molecule has 0 spiro atoms. The lowest BCUT2D eigenvalue weighted by Gasteiger charge is -2.23. The Bertz CT molecular complexity index is 270. The standard InChI is InChI=1S/C11H22N2O5/c1-4-18-6-9(7(2)3)13-11(17)12-8(5-14)10(15)16/h7-9,14H,4-6H2,1-3H3,(H,15,16)(H2,12,13,17)/t8-,9?/m0/s1. The van der Waals surface area contributed by atoms with E-state index in [-0.39, 0.29) is 12.0 Å². The summed E-state index contributed by atoms with van der Waals surface area (Å²) in [5, 5.41) is 22.3. The van der Waals surface area contributed by atoms with Gasteiger partial charge in [-0.25, -0.2) is 9.59 Å². The average molecular weight is 262 g/mol. The van der Waals surface area contributed by atoms with Crippen LogP contribution in [0.25, 0.3) is 0 Å². The maximum atomic E-state index is 11.5. The van der Waals surface area contributed by atoms with Gasteiger partial charge >= 0.3 is 12.0 Å². The van der Waals surface area contributed by atoms with Gasteiger partial charge in [-0.3, -0.25) is 0 Å². The Balaban J connectivity index is 4.28. The maximum Gasteiger partial charge on any atom is 0.328 e. The molecule has 0 saturated heterocycles. The molecule has 106 valence electrons. The van der Waals surface area contributed by atoms with Crippen molar-refractivity contribution in [2.24, 2.45) is 5.92 Å². The van der Waals surface area contributed by atoms with Crippen molar-refractivity contribution in [1.29, 1.82) is 0 Å². The second-order valence-electron chi connectivity index (χ2n) is 4.20. The highest BCUT2D eigenvalue weighted by atomic mass is 16.5. The quantitative estimate of drug-likeness (QED) is 0.484. The summed E-state index contributed by atoms with van der Waals surface area (Å²) in [6.07, 6.45) is 0. The molecule has 0 bridgehead atoms. The first-order chi connectivity index (χ1) is 8.42. The number of carbonyl (C=O) groups excluding carboxylic acids is 1. The van der Waals surface area contributed by atoms with Gasteiger partial charge < -0.3 is 25.6 Å². The number of aliphatic hydroxyl groups is 1. The van der Waals surface area contributed by atoms with Crippen LogP contribution in [0.15, 0.2) is 0 Å². The molecule has 7 heteroatoms. The van der Waals surface area contributed by atoms with Crippen molar-refractivity contribution in [2.75, 3.05) is 19.8 Å². The number of carboxylic acids is 1. The summed E-state index contributed by atoms with van der Waals surface area (Å²) in [5.74, 6) is -1.13. The molecule has 0 aliphatic rings. The van der Waals surface area contributed by atoms with E-state index >= 15 is 0 Å². The lowest BCUT2D eigenvalue weighted by Crippen LogP contribution is -2.52. The smallest absolute Gasteiger partial charge is 0.328 e. The van der Waals surface area contributed by atoms with Crippen LogP contribution in [-0.2, 0) is 9.53 Å². The number of carboxylic acid groups (broad SMARTS) is 1. The van der Waals surface area contributed by atoms with E-state index in [1.165, 1.54) is 0 Å². The van der Waals surface area contributed by atoms with Crippen molar-refractivity contribution in [1.82, 2.24) is 10.6 Å². The second kappa shape index (κ2) is 8.71. The molecule has 18 heavy (non-hydrogen) atoms. The fraction of sp³-hybridized carbons (Fsp3) is 0.818. The number of hydrogen-bond donors (Lipinski definition) is 4. The van der Waals surface area contributed by atoms with Crippen LogP contribution in [0.5, 0.6) is 0 Å². The molecule has 0 aromatic rings. The van der Waals surface area contributed by atoms with Gasteiger partial charge in [0.15, 0.2) is 6.04 Å². The van der Waals surface area contributed by atoms with Crippen LogP contribution in [0.3, 0.4) is 0 Å². The number of hydrogen-bond acceptors (Lipinski definition) is 4. The minimum absolute atomic E-state index is 0.153. The summed E-state index contributed by atoms with van der Waals surface area (Å²) < 4.78 is 5.23. The number of urea groups is 1. The molecule has 7 nitrogen and oxygen atoms in total. The maximum absolute atomic E-state index is 11.5. The molecule has 0 aliphatic heterocycles. The second-order valence-corrected chi connectivity index (χ2v) is 4.20. The summed E-state index contributed by atoms with van der Waals surface area (Å²) >= 11 is 0. The molecule has 0 aromatic carbocycles. The Morgan fingerprint density at radius 2 is 1.89 bits per heavy atom. The SMILES string of the molecule is CCOCC(NC(=O)N[C@@H](CO)C(=O)O)C(C)C. The molecule has 2 atom stereocenters. The Kier molecular flexibility index (Phi) is 8.06. The summed E-state index contributed by atoms with van der Waals surface area (Å²) in [5.41, 5.74) is 0. The monoisotopic (exact) mass is 262 g/mol. The number of aliphatic hydroxyl groups excluding tert-OH is 1. The van der Waals surface area contributed by atoms with E-state index in [0.29, 0.717) is 13.2 Å². The van der Waals surface area contributed by atoms with Gasteiger partial charge in [0.2, 0.25) is 0 Å². The summed E-state index contributed by atoms with van der Waals surface area (Å²) in [7, 11) is 0. The third kappa shape index (κ3) is 6.41. The molecular weight excluding hydrogens is 240 g/mol. The van der Waals surface area contributed by atoms with Gasteiger partial charge in [0.25, 0.3) is 0 Å². The van der Waals surface area contributed by atoms with Gasteiger partial charge in [-0.1, -0.05) is 13.8 Å². The Morgan fingerprint density at radius 1 is 1.28 bits per heavy atom.